The summed E-state index contributed by atoms with van der Waals surface area (Å²) in [5.74, 6) is -0.972. The minimum Gasteiger partial charge on any atom is -0.481 e. The first-order valence-electron chi connectivity index (χ1n) is 5.20. The Morgan fingerprint density at radius 2 is 2.00 bits per heavy atom. The summed E-state index contributed by atoms with van der Waals surface area (Å²) in [5.41, 5.74) is 1.15. The topological polar surface area (TPSA) is 60.8 Å². The second-order valence-corrected chi connectivity index (χ2v) is 3.93. The number of aliphatic hydroxyl groups is 1. The number of aliphatic carboxylic acids is 1. The summed E-state index contributed by atoms with van der Waals surface area (Å²) in [6.07, 6.45) is -1.02. The van der Waals surface area contributed by atoms with Crippen LogP contribution in [-0.4, -0.2) is 40.8 Å². The van der Waals surface area contributed by atoms with Gasteiger partial charge in [-0.3, -0.25) is 9.69 Å². The lowest BCUT2D eigenvalue weighted by Gasteiger charge is -2.19. The lowest BCUT2D eigenvalue weighted by atomic mass is 10.2. The first-order valence-corrected chi connectivity index (χ1v) is 5.20. The van der Waals surface area contributed by atoms with Crippen LogP contribution in [0.3, 0.4) is 0 Å². The molecule has 0 fully saturated rings. The number of carbonyl (C=O) groups is 1. The maximum absolute atomic E-state index is 10.4. The zero-order chi connectivity index (χ0) is 12.0. The monoisotopic (exact) mass is 223 g/mol. The molecular weight excluding hydrogens is 206 g/mol. The molecule has 0 spiro atoms. The minimum atomic E-state index is -0.972. The molecule has 88 valence electrons. The third-order valence-corrected chi connectivity index (χ3v) is 2.23. The molecule has 0 saturated carbocycles. The van der Waals surface area contributed by atoms with Crippen LogP contribution in [0.15, 0.2) is 30.3 Å². The van der Waals surface area contributed by atoms with Gasteiger partial charge >= 0.3 is 5.97 Å². The van der Waals surface area contributed by atoms with Gasteiger partial charge in [0.25, 0.3) is 0 Å². The molecule has 0 amide bonds. The summed E-state index contributed by atoms with van der Waals surface area (Å²) in [7, 11) is 1.86. The molecule has 0 aliphatic heterocycles. The van der Waals surface area contributed by atoms with E-state index in [0.29, 0.717) is 13.1 Å². The quantitative estimate of drug-likeness (QED) is 0.754. The van der Waals surface area contributed by atoms with Gasteiger partial charge in [0.05, 0.1) is 12.5 Å². The van der Waals surface area contributed by atoms with Crippen LogP contribution < -0.4 is 0 Å². The number of aliphatic hydroxyl groups excluding tert-OH is 1. The van der Waals surface area contributed by atoms with Crippen molar-refractivity contribution < 1.29 is 15.0 Å². The van der Waals surface area contributed by atoms with Gasteiger partial charge in [0.2, 0.25) is 0 Å². The number of nitrogens with zero attached hydrogens (tertiary/aromatic N) is 1. The summed E-state index contributed by atoms with van der Waals surface area (Å²) >= 11 is 0. The average Bonchev–Trinajstić information content (AvgIpc) is 2.17. The van der Waals surface area contributed by atoms with E-state index >= 15 is 0 Å². The highest BCUT2D eigenvalue weighted by molar-refractivity contribution is 5.67. The van der Waals surface area contributed by atoms with Crippen LogP contribution in [0.4, 0.5) is 0 Å². The molecule has 1 atom stereocenters. The lowest BCUT2D eigenvalue weighted by molar-refractivity contribution is -0.139. The van der Waals surface area contributed by atoms with Gasteiger partial charge in [-0.1, -0.05) is 30.3 Å². The molecule has 0 radical (unpaired) electrons. The predicted molar refractivity (Wildman–Crippen MR) is 61.0 cm³/mol. The Bertz CT molecular complexity index is 326. The molecule has 0 saturated heterocycles. The fourth-order valence-corrected chi connectivity index (χ4v) is 1.59. The number of carboxylic acids is 1. The van der Waals surface area contributed by atoms with E-state index in [1.807, 2.05) is 42.3 Å². The van der Waals surface area contributed by atoms with Crippen molar-refractivity contribution >= 4 is 5.97 Å². The Morgan fingerprint density at radius 3 is 2.56 bits per heavy atom. The number of hydrogen-bond donors (Lipinski definition) is 2. The van der Waals surface area contributed by atoms with Crippen molar-refractivity contribution in [1.29, 1.82) is 0 Å². The first-order chi connectivity index (χ1) is 7.58. The molecule has 16 heavy (non-hydrogen) atoms. The van der Waals surface area contributed by atoms with Gasteiger partial charge in [0.1, 0.15) is 0 Å². The van der Waals surface area contributed by atoms with Crippen LogP contribution in [0.5, 0.6) is 0 Å². The van der Waals surface area contributed by atoms with Gasteiger partial charge in [-0.25, -0.2) is 0 Å². The SMILES string of the molecule is CN(Cc1ccccc1)CC(O)CC(=O)O. The Labute approximate surface area is 95.1 Å². The average molecular weight is 223 g/mol. The Balaban J connectivity index is 2.36. The summed E-state index contributed by atoms with van der Waals surface area (Å²) in [6, 6.07) is 9.86. The molecule has 1 unspecified atom stereocenters. The zero-order valence-electron chi connectivity index (χ0n) is 9.34. The van der Waals surface area contributed by atoms with Crippen molar-refractivity contribution in [1.82, 2.24) is 4.90 Å². The normalized spacial score (nSPS) is 12.7. The van der Waals surface area contributed by atoms with E-state index in [-0.39, 0.29) is 6.42 Å². The minimum absolute atomic E-state index is 0.209. The van der Waals surface area contributed by atoms with Crippen LogP contribution in [0, 0.1) is 0 Å². The van der Waals surface area contributed by atoms with Crippen LogP contribution in [0.1, 0.15) is 12.0 Å². The summed E-state index contributed by atoms with van der Waals surface area (Å²) in [6.45, 7) is 1.07. The Morgan fingerprint density at radius 1 is 1.38 bits per heavy atom. The highest BCUT2D eigenvalue weighted by Crippen LogP contribution is 2.04. The number of rotatable bonds is 6. The van der Waals surface area contributed by atoms with Crippen molar-refractivity contribution in [3.05, 3.63) is 35.9 Å². The van der Waals surface area contributed by atoms with Gasteiger partial charge < -0.3 is 10.2 Å². The van der Waals surface area contributed by atoms with Gasteiger partial charge in [-0.15, -0.1) is 0 Å². The van der Waals surface area contributed by atoms with Crippen molar-refractivity contribution in [2.45, 2.75) is 19.1 Å². The highest BCUT2D eigenvalue weighted by atomic mass is 16.4. The van der Waals surface area contributed by atoms with Gasteiger partial charge in [-0.05, 0) is 12.6 Å². The zero-order valence-corrected chi connectivity index (χ0v) is 9.34. The van der Waals surface area contributed by atoms with E-state index in [4.69, 9.17) is 5.11 Å². The van der Waals surface area contributed by atoms with E-state index in [0.717, 1.165) is 5.56 Å². The van der Waals surface area contributed by atoms with Gasteiger partial charge in [0, 0.05) is 13.1 Å². The van der Waals surface area contributed by atoms with E-state index in [2.05, 4.69) is 0 Å². The maximum atomic E-state index is 10.4. The third kappa shape index (κ3) is 4.91. The maximum Gasteiger partial charge on any atom is 0.306 e. The molecule has 4 nitrogen and oxygen atoms in total. The van der Waals surface area contributed by atoms with E-state index in [9.17, 15) is 9.90 Å². The Hall–Kier alpha value is -1.39. The Kier molecular flexibility index (Phi) is 4.95. The van der Waals surface area contributed by atoms with E-state index in [1.54, 1.807) is 0 Å². The fourth-order valence-electron chi connectivity index (χ4n) is 1.59. The van der Waals surface area contributed by atoms with Gasteiger partial charge in [0.15, 0.2) is 0 Å². The molecule has 0 heterocycles. The number of likely N-dealkylation sites (N-methyl/N-ethyl adjacent to an activating group) is 1. The summed E-state index contributed by atoms with van der Waals surface area (Å²) in [4.78, 5) is 12.3. The molecule has 4 heteroatoms. The molecule has 0 bridgehead atoms. The standard InChI is InChI=1S/C12H17NO3/c1-13(9-11(14)7-12(15)16)8-10-5-3-2-4-6-10/h2-6,11,14H,7-9H2,1H3,(H,15,16). The number of benzene rings is 1. The number of carboxylic acid groups (broad SMARTS) is 1. The largest absolute Gasteiger partial charge is 0.481 e. The molecular formula is C12H17NO3. The molecule has 2 N–H and O–H groups in total. The third-order valence-electron chi connectivity index (χ3n) is 2.23. The van der Waals surface area contributed by atoms with Crippen LogP contribution in [0.25, 0.3) is 0 Å². The van der Waals surface area contributed by atoms with Crippen molar-refractivity contribution in [2.75, 3.05) is 13.6 Å². The first kappa shape index (κ1) is 12.7. The van der Waals surface area contributed by atoms with Crippen LogP contribution >= 0.6 is 0 Å². The van der Waals surface area contributed by atoms with Crippen LogP contribution in [0.2, 0.25) is 0 Å². The highest BCUT2D eigenvalue weighted by Gasteiger charge is 2.12. The predicted octanol–water partition coefficient (Wildman–Crippen LogP) is 0.954. The molecule has 0 aliphatic carbocycles. The van der Waals surface area contributed by atoms with Crippen molar-refractivity contribution in [3.8, 4) is 0 Å². The van der Waals surface area contributed by atoms with E-state index < -0.39 is 12.1 Å². The second kappa shape index (κ2) is 6.25. The molecule has 0 aromatic heterocycles. The summed E-state index contributed by atoms with van der Waals surface area (Å²) in [5, 5.41) is 18.0. The molecule has 1 aromatic rings. The van der Waals surface area contributed by atoms with E-state index in [1.165, 1.54) is 0 Å². The lowest BCUT2D eigenvalue weighted by Crippen LogP contribution is -2.30. The second-order valence-electron chi connectivity index (χ2n) is 3.93. The number of hydrogen-bond acceptors (Lipinski definition) is 3. The fraction of sp³-hybridized carbons (Fsp3) is 0.417. The van der Waals surface area contributed by atoms with Crippen LogP contribution in [-0.2, 0) is 11.3 Å². The molecule has 1 rings (SSSR count). The summed E-state index contributed by atoms with van der Waals surface area (Å²) < 4.78 is 0. The molecule has 0 aliphatic rings. The van der Waals surface area contributed by atoms with Crippen molar-refractivity contribution in [2.24, 2.45) is 0 Å². The molecule has 1 aromatic carbocycles. The smallest absolute Gasteiger partial charge is 0.306 e. The van der Waals surface area contributed by atoms with Crippen molar-refractivity contribution in [3.63, 3.8) is 0 Å². The van der Waals surface area contributed by atoms with Gasteiger partial charge in [-0.2, -0.15) is 0 Å².